The van der Waals surface area contributed by atoms with E-state index in [-0.39, 0.29) is 5.91 Å². The zero-order valence-electron chi connectivity index (χ0n) is 16.2. The van der Waals surface area contributed by atoms with Crippen LogP contribution < -0.4 is 10.2 Å². The molecule has 148 valence electrons. The van der Waals surface area contributed by atoms with Crippen LogP contribution in [0.15, 0.2) is 78.9 Å². The Bertz CT molecular complexity index is 951. The summed E-state index contributed by atoms with van der Waals surface area (Å²) in [5.74, 6) is 0.0964. The van der Waals surface area contributed by atoms with E-state index in [0.717, 1.165) is 48.0 Å². The topological polar surface area (TPSA) is 35.6 Å². The number of para-hydroxylation sites is 1. The lowest BCUT2D eigenvalue weighted by atomic mass is 10.1. The zero-order chi connectivity index (χ0) is 20.1. The Morgan fingerprint density at radius 1 is 0.862 bits per heavy atom. The minimum absolute atomic E-state index is 0.0964. The maximum Gasteiger partial charge on any atom is 0.253 e. The standard InChI is InChI=1S/C24H24ClN3O/c25-21-6-4-5-19(17-21)18-26-22-11-9-20(10-12-22)24(29)28-15-13-27(14-16-28)23-7-2-1-3-8-23/h1-12,17,26H,13-16,18H2. The lowest BCUT2D eigenvalue weighted by molar-refractivity contribution is 0.0747. The van der Waals surface area contributed by atoms with E-state index in [0.29, 0.717) is 6.54 Å². The Morgan fingerprint density at radius 2 is 1.59 bits per heavy atom. The molecule has 0 saturated carbocycles. The van der Waals surface area contributed by atoms with Gasteiger partial charge in [-0.05, 0) is 54.1 Å². The molecule has 1 heterocycles. The molecular formula is C24H24ClN3O. The molecule has 1 fully saturated rings. The van der Waals surface area contributed by atoms with Crippen LogP contribution in [-0.4, -0.2) is 37.0 Å². The minimum Gasteiger partial charge on any atom is -0.381 e. The van der Waals surface area contributed by atoms with Gasteiger partial charge in [0.2, 0.25) is 0 Å². The highest BCUT2D eigenvalue weighted by molar-refractivity contribution is 6.30. The Balaban J connectivity index is 1.31. The summed E-state index contributed by atoms with van der Waals surface area (Å²) >= 11 is 6.03. The first-order chi connectivity index (χ1) is 14.2. The molecule has 1 amide bonds. The molecule has 0 atom stereocenters. The van der Waals surface area contributed by atoms with Crippen molar-refractivity contribution in [2.75, 3.05) is 36.4 Å². The molecule has 4 rings (SSSR count). The average Bonchev–Trinajstić information content (AvgIpc) is 2.78. The van der Waals surface area contributed by atoms with Gasteiger partial charge in [0.25, 0.3) is 5.91 Å². The van der Waals surface area contributed by atoms with Gasteiger partial charge >= 0.3 is 0 Å². The van der Waals surface area contributed by atoms with Gasteiger partial charge in [-0.2, -0.15) is 0 Å². The molecule has 1 aliphatic rings. The maximum absolute atomic E-state index is 12.8. The normalized spacial score (nSPS) is 14.0. The number of rotatable bonds is 5. The van der Waals surface area contributed by atoms with Gasteiger partial charge < -0.3 is 15.1 Å². The van der Waals surface area contributed by atoms with Crippen molar-refractivity contribution >= 4 is 28.9 Å². The molecule has 0 unspecified atom stereocenters. The van der Waals surface area contributed by atoms with E-state index >= 15 is 0 Å². The molecule has 1 aliphatic heterocycles. The summed E-state index contributed by atoms with van der Waals surface area (Å²) in [7, 11) is 0. The van der Waals surface area contributed by atoms with E-state index in [2.05, 4.69) is 34.5 Å². The van der Waals surface area contributed by atoms with E-state index in [4.69, 9.17) is 11.6 Å². The third kappa shape index (κ3) is 4.90. The quantitative estimate of drug-likeness (QED) is 0.654. The van der Waals surface area contributed by atoms with Gasteiger partial charge in [0.1, 0.15) is 0 Å². The van der Waals surface area contributed by atoms with Gasteiger partial charge in [0, 0.05) is 54.7 Å². The highest BCUT2D eigenvalue weighted by atomic mass is 35.5. The smallest absolute Gasteiger partial charge is 0.253 e. The minimum atomic E-state index is 0.0964. The second kappa shape index (κ2) is 9.01. The van der Waals surface area contributed by atoms with Crippen molar-refractivity contribution < 1.29 is 4.79 Å². The lowest BCUT2D eigenvalue weighted by Gasteiger charge is -2.36. The van der Waals surface area contributed by atoms with Crippen LogP contribution in [0.25, 0.3) is 0 Å². The lowest BCUT2D eigenvalue weighted by Crippen LogP contribution is -2.48. The molecule has 0 bridgehead atoms. The second-order valence-electron chi connectivity index (χ2n) is 7.18. The fraction of sp³-hybridized carbons (Fsp3) is 0.208. The van der Waals surface area contributed by atoms with Crippen LogP contribution in [0.4, 0.5) is 11.4 Å². The Labute approximate surface area is 176 Å². The third-order valence-corrected chi connectivity index (χ3v) is 5.44. The first kappa shape index (κ1) is 19.3. The zero-order valence-corrected chi connectivity index (χ0v) is 17.0. The number of halogens is 1. The molecule has 1 N–H and O–H groups in total. The number of nitrogens with zero attached hydrogens (tertiary/aromatic N) is 2. The fourth-order valence-electron chi connectivity index (χ4n) is 3.57. The van der Waals surface area contributed by atoms with Crippen molar-refractivity contribution in [3.05, 3.63) is 95.0 Å². The van der Waals surface area contributed by atoms with E-state index < -0.39 is 0 Å². The summed E-state index contributed by atoms with van der Waals surface area (Å²) in [5.41, 5.74) is 4.05. The predicted molar refractivity (Wildman–Crippen MR) is 120 cm³/mol. The fourth-order valence-corrected chi connectivity index (χ4v) is 3.78. The molecule has 3 aromatic rings. The molecule has 3 aromatic carbocycles. The molecular weight excluding hydrogens is 382 g/mol. The van der Waals surface area contributed by atoms with E-state index in [1.54, 1.807) is 0 Å². The summed E-state index contributed by atoms with van der Waals surface area (Å²) in [6.45, 7) is 3.88. The van der Waals surface area contributed by atoms with Crippen molar-refractivity contribution in [2.24, 2.45) is 0 Å². The highest BCUT2D eigenvalue weighted by Crippen LogP contribution is 2.18. The van der Waals surface area contributed by atoms with Crippen LogP contribution in [0.2, 0.25) is 5.02 Å². The number of hydrogen-bond acceptors (Lipinski definition) is 3. The summed E-state index contributed by atoms with van der Waals surface area (Å²) < 4.78 is 0. The number of carbonyl (C=O) groups is 1. The summed E-state index contributed by atoms with van der Waals surface area (Å²) in [6.07, 6.45) is 0. The largest absolute Gasteiger partial charge is 0.381 e. The molecule has 29 heavy (non-hydrogen) atoms. The SMILES string of the molecule is O=C(c1ccc(NCc2cccc(Cl)c2)cc1)N1CCN(c2ccccc2)CC1. The van der Waals surface area contributed by atoms with E-state index in [1.165, 1.54) is 5.69 Å². The average molecular weight is 406 g/mol. The van der Waals surface area contributed by atoms with Gasteiger partial charge in [-0.15, -0.1) is 0 Å². The molecule has 0 spiro atoms. The van der Waals surface area contributed by atoms with Gasteiger partial charge in [0.15, 0.2) is 0 Å². The van der Waals surface area contributed by atoms with Gasteiger partial charge in [-0.1, -0.05) is 41.9 Å². The van der Waals surface area contributed by atoms with Gasteiger partial charge in [-0.3, -0.25) is 4.79 Å². The van der Waals surface area contributed by atoms with Crippen LogP contribution in [-0.2, 0) is 6.54 Å². The molecule has 5 heteroatoms. The first-order valence-electron chi connectivity index (χ1n) is 9.87. The molecule has 0 aromatic heterocycles. The van der Waals surface area contributed by atoms with Crippen LogP contribution in [0.5, 0.6) is 0 Å². The first-order valence-corrected chi connectivity index (χ1v) is 10.2. The van der Waals surface area contributed by atoms with Crippen molar-refractivity contribution in [3.8, 4) is 0 Å². The monoisotopic (exact) mass is 405 g/mol. The summed E-state index contributed by atoms with van der Waals surface area (Å²) in [5, 5.41) is 4.10. The molecule has 1 saturated heterocycles. The number of hydrogen-bond donors (Lipinski definition) is 1. The molecule has 4 nitrogen and oxygen atoms in total. The van der Waals surface area contributed by atoms with E-state index in [9.17, 15) is 4.79 Å². The number of anilines is 2. The van der Waals surface area contributed by atoms with E-state index in [1.807, 2.05) is 59.5 Å². The number of nitrogens with one attached hydrogen (secondary N) is 1. The van der Waals surface area contributed by atoms with Crippen molar-refractivity contribution in [3.63, 3.8) is 0 Å². The van der Waals surface area contributed by atoms with Crippen molar-refractivity contribution in [1.82, 2.24) is 4.90 Å². The third-order valence-electron chi connectivity index (χ3n) is 5.21. The number of carbonyl (C=O) groups excluding carboxylic acids is 1. The maximum atomic E-state index is 12.8. The Kier molecular flexibility index (Phi) is 6.01. The van der Waals surface area contributed by atoms with Gasteiger partial charge in [-0.25, -0.2) is 0 Å². The van der Waals surface area contributed by atoms with Crippen molar-refractivity contribution in [1.29, 1.82) is 0 Å². The summed E-state index contributed by atoms with van der Waals surface area (Å²) in [6, 6.07) is 25.9. The number of amides is 1. The number of piperazine rings is 1. The van der Waals surface area contributed by atoms with Crippen LogP contribution >= 0.6 is 11.6 Å². The highest BCUT2D eigenvalue weighted by Gasteiger charge is 2.22. The number of benzene rings is 3. The second-order valence-corrected chi connectivity index (χ2v) is 7.61. The van der Waals surface area contributed by atoms with Gasteiger partial charge in [0.05, 0.1) is 0 Å². The Hall–Kier alpha value is -2.98. The van der Waals surface area contributed by atoms with Crippen LogP contribution in [0.1, 0.15) is 15.9 Å². The Morgan fingerprint density at radius 3 is 2.28 bits per heavy atom. The molecule has 0 radical (unpaired) electrons. The molecule has 0 aliphatic carbocycles. The predicted octanol–water partition coefficient (Wildman–Crippen LogP) is 4.91. The van der Waals surface area contributed by atoms with Crippen LogP contribution in [0.3, 0.4) is 0 Å². The van der Waals surface area contributed by atoms with Crippen molar-refractivity contribution in [2.45, 2.75) is 6.54 Å². The van der Waals surface area contributed by atoms with Crippen LogP contribution in [0, 0.1) is 0 Å². The summed E-state index contributed by atoms with van der Waals surface area (Å²) in [4.78, 5) is 17.1.